The molecule has 1 aliphatic rings. The van der Waals surface area contributed by atoms with Gasteiger partial charge in [-0.2, -0.15) is 11.8 Å². The highest BCUT2D eigenvalue weighted by Crippen LogP contribution is 2.23. The van der Waals surface area contributed by atoms with E-state index in [1.807, 2.05) is 0 Å². The summed E-state index contributed by atoms with van der Waals surface area (Å²) in [5.74, 6) is -0.912. The zero-order valence-electron chi connectivity index (χ0n) is 10.4. The summed E-state index contributed by atoms with van der Waals surface area (Å²) in [4.78, 5) is 34.3. The van der Waals surface area contributed by atoms with Crippen molar-refractivity contribution in [2.45, 2.75) is 12.5 Å². The molecule has 0 aliphatic carbocycles. The number of nitro groups is 1. The van der Waals surface area contributed by atoms with Gasteiger partial charge in [-0.3, -0.25) is 19.7 Å². The summed E-state index contributed by atoms with van der Waals surface area (Å²) in [5.41, 5.74) is 0. The summed E-state index contributed by atoms with van der Waals surface area (Å²) in [7, 11) is 0. The Kier molecular flexibility index (Phi) is 4.28. The van der Waals surface area contributed by atoms with Crippen LogP contribution in [0, 0.1) is 10.1 Å². The van der Waals surface area contributed by atoms with Crippen molar-refractivity contribution >= 4 is 29.5 Å². The second-order valence-corrected chi connectivity index (χ2v) is 5.37. The van der Waals surface area contributed by atoms with Gasteiger partial charge in [-0.1, -0.05) is 0 Å². The number of carboxylic acids is 1. The van der Waals surface area contributed by atoms with Crippen molar-refractivity contribution in [3.63, 3.8) is 0 Å². The average molecular weight is 300 g/mol. The first-order valence-electron chi connectivity index (χ1n) is 5.83. The van der Waals surface area contributed by atoms with E-state index in [1.54, 1.807) is 11.8 Å². The monoisotopic (exact) mass is 300 g/mol. The summed E-state index contributed by atoms with van der Waals surface area (Å²) in [6.07, 6.45) is -0.151. The number of nitrogens with zero attached hydrogens (tertiary/aromatic N) is 2. The molecular formula is C11H12N2O6S. The average Bonchev–Trinajstić information content (AvgIpc) is 2.87. The first-order chi connectivity index (χ1) is 9.49. The molecule has 9 heteroatoms. The van der Waals surface area contributed by atoms with Crippen LogP contribution in [0.5, 0.6) is 0 Å². The second kappa shape index (κ2) is 5.95. The summed E-state index contributed by atoms with van der Waals surface area (Å²) in [5, 5.41) is 19.4. The highest BCUT2D eigenvalue weighted by Gasteiger charge is 2.31. The molecule has 1 amide bonds. The molecule has 1 saturated heterocycles. The summed E-state index contributed by atoms with van der Waals surface area (Å²) >= 11 is 1.58. The minimum absolute atomic E-state index is 0.140. The maximum atomic E-state index is 12.2. The highest BCUT2D eigenvalue weighted by molar-refractivity contribution is 7.99. The molecule has 1 atom stereocenters. The number of carbonyl (C=O) groups is 2. The van der Waals surface area contributed by atoms with Gasteiger partial charge in [0.25, 0.3) is 5.91 Å². The molecule has 0 radical (unpaired) electrons. The molecule has 2 rings (SSSR count). The van der Waals surface area contributed by atoms with E-state index < -0.39 is 28.7 Å². The minimum Gasteiger partial charge on any atom is -0.481 e. The van der Waals surface area contributed by atoms with Crippen LogP contribution in [-0.4, -0.2) is 50.9 Å². The first-order valence-corrected chi connectivity index (χ1v) is 6.99. The number of aliphatic carboxylic acids is 1. The van der Waals surface area contributed by atoms with Crippen molar-refractivity contribution in [1.29, 1.82) is 0 Å². The lowest BCUT2D eigenvalue weighted by atomic mass is 10.2. The van der Waals surface area contributed by atoms with Gasteiger partial charge in [0.2, 0.25) is 0 Å². The van der Waals surface area contributed by atoms with Gasteiger partial charge in [0.05, 0.1) is 18.5 Å². The van der Waals surface area contributed by atoms with Crippen LogP contribution < -0.4 is 0 Å². The third kappa shape index (κ3) is 3.10. The van der Waals surface area contributed by atoms with Crippen molar-refractivity contribution in [3.8, 4) is 0 Å². The quantitative estimate of drug-likeness (QED) is 0.656. The Morgan fingerprint density at radius 2 is 2.30 bits per heavy atom. The van der Waals surface area contributed by atoms with Crippen LogP contribution in [-0.2, 0) is 4.79 Å². The number of carboxylic acid groups (broad SMARTS) is 1. The number of furan rings is 1. The van der Waals surface area contributed by atoms with Gasteiger partial charge < -0.3 is 14.4 Å². The molecule has 1 aromatic heterocycles. The molecule has 8 nitrogen and oxygen atoms in total. The Morgan fingerprint density at radius 3 is 2.90 bits per heavy atom. The fourth-order valence-electron chi connectivity index (χ4n) is 1.98. The zero-order chi connectivity index (χ0) is 14.7. The lowest BCUT2D eigenvalue weighted by molar-refractivity contribution is -0.402. The fourth-order valence-corrected chi connectivity index (χ4v) is 3.04. The Morgan fingerprint density at radius 1 is 1.55 bits per heavy atom. The van der Waals surface area contributed by atoms with Gasteiger partial charge in [-0.15, -0.1) is 0 Å². The molecule has 1 aromatic rings. The van der Waals surface area contributed by atoms with E-state index in [0.29, 0.717) is 18.1 Å². The van der Waals surface area contributed by atoms with E-state index in [2.05, 4.69) is 0 Å². The predicted octanol–water partition coefficient (Wildman–Crippen LogP) is 1.22. The fraction of sp³-hybridized carbons (Fsp3) is 0.455. The molecule has 0 aromatic carbocycles. The third-order valence-electron chi connectivity index (χ3n) is 2.88. The standard InChI is InChI=1S/C11H12N2O6S/c14-10(15)5-7-6-20-4-3-12(7)11(16)8-1-2-9(19-8)13(17)18/h1-2,7H,3-6H2,(H,14,15). The lowest BCUT2D eigenvalue weighted by Crippen LogP contribution is -2.47. The molecule has 20 heavy (non-hydrogen) atoms. The van der Waals surface area contributed by atoms with Crippen LogP contribution in [0.25, 0.3) is 0 Å². The summed E-state index contributed by atoms with van der Waals surface area (Å²) in [6, 6.07) is 1.92. The van der Waals surface area contributed by atoms with Crippen molar-refractivity contribution < 1.29 is 24.0 Å². The van der Waals surface area contributed by atoms with Gasteiger partial charge in [0.1, 0.15) is 4.92 Å². The molecule has 1 unspecified atom stereocenters. The number of carbonyl (C=O) groups excluding carboxylic acids is 1. The van der Waals surface area contributed by atoms with E-state index in [1.165, 1.54) is 11.0 Å². The van der Waals surface area contributed by atoms with E-state index in [0.717, 1.165) is 6.07 Å². The van der Waals surface area contributed by atoms with E-state index >= 15 is 0 Å². The van der Waals surface area contributed by atoms with Gasteiger partial charge in [-0.25, -0.2) is 0 Å². The minimum atomic E-state index is -0.985. The smallest absolute Gasteiger partial charge is 0.433 e. The van der Waals surface area contributed by atoms with Crippen molar-refractivity contribution in [2.24, 2.45) is 0 Å². The van der Waals surface area contributed by atoms with Gasteiger partial charge >= 0.3 is 11.9 Å². The topological polar surface area (TPSA) is 114 Å². The molecule has 0 bridgehead atoms. The lowest BCUT2D eigenvalue weighted by Gasteiger charge is -2.33. The molecular weight excluding hydrogens is 288 g/mol. The van der Waals surface area contributed by atoms with Crippen molar-refractivity contribution in [2.75, 3.05) is 18.1 Å². The van der Waals surface area contributed by atoms with Crippen LogP contribution in [0.15, 0.2) is 16.5 Å². The maximum Gasteiger partial charge on any atom is 0.433 e. The molecule has 1 N–H and O–H groups in total. The normalized spacial score (nSPS) is 18.8. The van der Waals surface area contributed by atoms with Crippen LogP contribution in [0.3, 0.4) is 0 Å². The summed E-state index contributed by atoms with van der Waals surface area (Å²) in [6.45, 7) is 0.399. The first kappa shape index (κ1) is 14.4. The van der Waals surface area contributed by atoms with Crippen LogP contribution in [0.1, 0.15) is 17.0 Å². The van der Waals surface area contributed by atoms with Gasteiger partial charge in [-0.05, 0) is 6.07 Å². The van der Waals surface area contributed by atoms with E-state index in [4.69, 9.17) is 9.52 Å². The number of hydrogen-bond donors (Lipinski definition) is 1. The SMILES string of the molecule is O=C(O)CC1CSCCN1C(=O)c1ccc([N+](=O)[O-])o1. The third-order valence-corrected chi connectivity index (χ3v) is 3.97. The molecule has 2 heterocycles. The Bertz CT molecular complexity index is 543. The molecule has 108 valence electrons. The number of hydrogen-bond acceptors (Lipinski definition) is 6. The Hall–Kier alpha value is -2.03. The number of thioether (sulfide) groups is 1. The van der Waals surface area contributed by atoms with Crippen LogP contribution >= 0.6 is 11.8 Å². The van der Waals surface area contributed by atoms with Gasteiger partial charge in [0.15, 0.2) is 5.76 Å². The zero-order valence-corrected chi connectivity index (χ0v) is 11.2. The maximum absolute atomic E-state index is 12.2. The predicted molar refractivity (Wildman–Crippen MR) is 69.8 cm³/mol. The number of rotatable bonds is 4. The number of amides is 1. The largest absolute Gasteiger partial charge is 0.481 e. The van der Waals surface area contributed by atoms with E-state index in [-0.39, 0.29) is 12.2 Å². The van der Waals surface area contributed by atoms with Crippen LogP contribution in [0.4, 0.5) is 5.88 Å². The Labute approximate surface area is 117 Å². The second-order valence-electron chi connectivity index (χ2n) is 4.22. The van der Waals surface area contributed by atoms with Crippen molar-refractivity contribution in [1.82, 2.24) is 4.90 Å². The van der Waals surface area contributed by atoms with Crippen LogP contribution in [0.2, 0.25) is 0 Å². The summed E-state index contributed by atoms with van der Waals surface area (Å²) < 4.78 is 4.87. The highest BCUT2D eigenvalue weighted by atomic mass is 32.2. The molecule has 1 aliphatic heterocycles. The van der Waals surface area contributed by atoms with Crippen molar-refractivity contribution in [3.05, 3.63) is 28.0 Å². The van der Waals surface area contributed by atoms with Gasteiger partial charge in [0, 0.05) is 18.1 Å². The van der Waals surface area contributed by atoms with E-state index in [9.17, 15) is 19.7 Å². The molecule has 1 fully saturated rings. The Balaban J connectivity index is 2.15. The molecule has 0 spiro atoms. The molecule has 0 saturated carbocycles.